The Bertz CT molecular complexity index is 377. The predicted molar refractivity (Wildman–Crippen MR) is 62.5 cm³/mol. The minimum atomic E-state index is 0.109. The van der Waals surface area contributed by atoms with Gasteiger partial charge in [0, 0.05) is 18.7 Å². The summed E-state index contributed by atoms with van der Waals surface area (Å²) in [5.74, 6) is 0.109. The molecule has 0 amide bonds. The molecule has 0 heterocycles. The zero-order valence-electron chi connectivity index (χ0n) is 9.27. The van der Waals surface area contributed by atoms with Gasteiger partial charge in [0.2, 0.25) is 0 Å². The van der Waals surface area contributed by atoms with Crippen molar-refractivity contribution in [3.8, 4) is 0 Å². The van der Waals surface area contributed by atoms with Crippen LogP contribution < -0.4 is 11.1 Å². The second kappa shape index (κ2) is 6.09. The van der Waals surface area contributed by atoms with E-state index in [4.69, 9.17) is 16.0 Å². The van der Waals surface area contributed by atoms with Crippen molar-refractivity contribution in [2.24, 2.45) is 10.9 Å². The minimum Gasteiger partial charge on any atom is -0.409 e. The lowest BCUT2D eigenvalue weighted by Crippen LogP contribution is -2.18. The summed E-state index contributed by atoms with van der Waals surface area (Å²) in [7, 11) is 0. The molecule has 5 nitrogen and oxygen atoms in total. The SMILES string of the molecule is Cc1cc(/C(N)=N/O)ccc1CNCCO. The second-order valence-corrected chi connectivity index (χ2v) is 3.53. The van der Waals surface area contributed by atoms with Gasteiger partial charge in [-0.15, -0.1) is 0 Å². The number of oxime groups is 1. The Labute approximate surface area is 94.6 Å². The average Bonchev–Trinajstić information content (AvgIpc) is 2.30. The van der Waals surface area contributed by atoms with E-state index in [2.05, 4.69) is 10.5 Å². The molecule has 0 aliphatic rings. The number of nitrogens with zero attached hydrogens (tertiary/aromatic N) is 1. The molecular weight excluding hydrogens is 206 g/mol. The first-order valence-corrected chi connectivity index (χ1v) is 5.08. The molecule has 5 heteroatoms. The Hall–Kier alpha value is -1.59. The second-order valence-electron chi connectivity index (χ2n) is 3.53. The summed E-state index contributed by atoms with van der Waals surface area (Å²) < 4.78 is 0. The Morgan fingerprint density at radius 3 is 2.81 bits per heavy atom. The quantitative estimate of drug-likeness (QED) is 0.188. The highest BCUT2D eigenvalue weighted by molar-refractivity contribution is 5.97. The number of aryl methyl sites for hydroxylation is 1. The van der Waals surface area contributed by atoms with E-state index in [1.165, 1.54) is 0 Å². The van der Waals surface area contributed by atoms with Crippen molar-refractivity contribution in [1.82, 2.24) is 5.32 Å². The molecule has 16 heavy (non-hydrogen) atoms. The van der Waals surface area contributed by atoms with Crippen molar-refractivity contribution in [3.05, 3.63) is 34.9 Å². The fourth-order valence-electron chi connectivity index (χ4n) is 1.41. The van der Waals surface area contributed by atoms with Gasteiger partial charge in [0.05, 0.1) is 6.61 Å². The van der Waals surface area contributed by atoms with Gasteiger partial charge in [0.15, 0.2) is 5.84 Å². The van der Waals surface area contributed by atoms with Crippen LogP contribution in [0.15, 0.2) is 23.4 Å². The van der Waals surface area contributed by atoms with Crippen LogP contribution in [0.3, 0.4) is 0 Å². The lowest BCUT2D eigenvalue weighted by molar-refractivity contribution is 0.292. The Kier molecular flexibility index (Phi) is 4.75. The zero-order valence-corrected chi connectivity index (χ0v) is 9.27. The number of amidine groups is 1. The molecule has 0 aliphatic heterocycles. The largest absolute Gasteiger partial charge is 0.409 e. The number of rotatable bonds is 5. The monoisotopic (exact) mass is 223 g/mol. The van der Waals surface area contributed by atoms with E-state index in [0.717, 1.165) is 11.1 Å². The number of nitrogens with two attached hydrogens (primary N) is 1. The molecule has 1 aromatic rings. The van der Waals surface area contributed by atoms with Gasteiger partial charge in [-0.2, -0.15) is 0 Å². The highest BCUT2D eigenvalue weighted by atomic mass is 16.4. The number of hydrogen-bond acceptors (Lipinski definition) is 4. The van der Waals surface area contributed by atoms with Gasteiger partial charge in [-0.25, -0.2) is 0 Å². The van der Waals surface area contributed by atoms with Crippen molar-refractivity contribution in [2.45, 2.75) is 13.5 Å². The van der Waals surface area contributed by atoms with Crippen LogP contribution in [0.25, 0.3) is 0 Å². The molecule has 5 N–H and O–H groups in total. The summed E-state index contributed by atoms with van der Waals surface area (Å²) in [6.45, 7) is 3.36. The molecule has 1 aromatic carbocycles. The minimum absolute atomic E-state index is 0.109. The van der Waals surface area contributed by atoms with Crippen LogP contribution >= 0.6 is 0 Å². The zero-order chi connectivity index (χ0) is 12.0. The van der Waals surface area contributed by atoms with Gasteiger partial charge in [-0.05, 0) is 24.1 Å². The normalized spacial score (nSPS) is 11.8. The summed E-state index contributed by atoms with van der Waals surface area (Å²) >= 11 is 0. The molecule has 0 saturated carbocycles. The highest BCUT2D eigenvalue weighted by Crippen LogP contribution is 2.10. The molecule has 0 spiro atoms. The van der Waals surface area contributed by atoms with E-state index in [1.807, 2.05) is 19.1 Å². The maximum absolute atomic E-state index is 8.64. The van der Waals surface area contributed by atoms with Crippen molar-refractivity contribution < 1.29 is 10.3 Å². The van der Waals surface area contributed by atoms with E-state index < -0.39 is 0 Å². The molecule has 0 unspecified atom stereocenters. The number of aliphatic hydroxyl groups excluding tert-OH is 1. The first kappa shape index (κ1) is 12.5. The first-order chi connectivity index (χ1) is 7.69. The van der Waals surface area contributed by atoms with Gasteiger partial charge in [-0.3, -0.25) is 0 Å². The van der Waals surface area contributed by atoms with Crippen LogP contribution in [0.4, 0.5) is 0 Å². The van der Waals surface area contributed by atoms with Crippen LogP contribution in [0, 0.1) is 6.92 Å². The van der Waals surface area contributed by atoms with E-state index >= 15 is 0 Å². The van der Waals surface area contributed by atoms with Crippen LogP contribution in [0.1, 0.15) is 16.7 Å². The molecule has 0 saturated heterocycles. The lowest BCUT2D eigenvalue weighted by Gasteiger charge is -2.08. The van der Waals surface area contributed by atoms with Gasteiger partial charge < -0.3 is 21.4 Å². The maximum atomic E-state index is 8.64. The number of aliphatic hydroxyl groups is 1. The Morgan fingerprint density at radius 2 is 2.25 bits per heavy atom. The average molecular weight is 223 g/mol. The van der Waals surface area contributed by atoms with Crippen molar-refractivity contribution in [1.29, 1.82) is 0 Å². The molecule has 0 aliphatic carbocycles. The summed E-state index contributed by atoms with van der Waals surface area (Å²) in [4.78, 5) is 0. The number of benzene rings is 1. The van der Waals surface area contributed by atoms with Crippen molar-refractivity contribution in [2.75, 3.05) is 13.2 Å². The van der Waals surface area contributed by atoms with E-state index in [1.54, 1.807) is 6.07 Å². The smallest absolute Gasteiger partial charge is 0.170 e. The van der Waals surface area contributed by atoms with Crippen LogP contribution in [-0.4, -0.2) is 29.3 Å². The van der Waals surface area contributed by atoms with Gasteiger partial charge >= 0.3 is 0 Å². The molecule has 0 atom stereocenters. The molecule has 0 radical (unpaired) electrons. The molecule has 0 bridgehead atoms. The van der Waals surface area contributed by atoms with Gasteiger partial charge in [0.1, 0.15) is 0 Å². The molecule has 0 fully saturated rings. The third-order valence-corrected chi connectivity index (χ3v) is 2.35. The highest BCUT2D eigenvalue weighted by Gasteiger charge is 2.03. The third-order valence-electron chi connectivity index (χ3n) is 2.35. The Balaban J connectivity index is 2.75. The maximum Gasteiger partial charge on any atom is 0.170 e. The first-order valence-electron chi connectivity index (χ1n) is 5.08. The van der Waals surface area contributed by atoms with Crippen molar-refractivity contribution >= 4 is 5.84 Å². The molecule has 1 rings (SSSR count). The fraction of sp³-hybridized carbons (Fsp3) is 0.364. The van der Waals surface area contributed by atoms with Crippen LogP contribution in [0.5, 0.6) is 0 Å². The van der Waals surface area contributed by atoms with Gasteiger partial charge in [-0.1, -0.05) is 17.3 Å². The number of nitrogens with one attached hydrogen (secondary N) is 1. The predicted octanol–water partition coefficient (Wildman–Crippen LogP) is 0.171. The lowest BCUT2D eigenvalue weighted by atomic mass is 10.0. The summed E-state index contributed by atoms with van der Waals surface area (Å²) in [6, 6.07) is 5.59. The standard InChI is InChI=1S/C11H17N3O2/c1-8-6-9(11(12)14-16)2-3-10(8)7-13-4-5-15/h2-3,6,13,15-16H,4-5,7H2,1H3,(H2,12,14). The van der Waals surface area contributed by atoms with Crippen LogP contribution in [0.2, 0.25) is 0 Å². The topological polar surface area (TPSA) is 90.9 Å². The third kappa shape index (κ3) is 3.22. The summed E-state index contributed by atoms with van der Waals surface area (Å²) in [6.07, 6.45) is 0. The van der Waals surface area contributed by atoms with Gasteiger partial charge in [0.25, 0.3) is 0 Å². The van der Waals surface area contributed by atoms with E-state index in [0.29, 0.717) is 18.7 Å². The molecular formula is C11H17N3O2. The molecule has 0 aromatic heterocycles. The fourth-order valence-corrected chi connectivity index (χ4v) is 1.41. The number of hydrogen-bond donors (Lipinski definition) is 4. The Morgan fingerprint density at radius 1 is 1.50 bits per heavy atom. The summed E-state index contributed by atoms with van der Waals surface area (Å²) in [5, 5.41) is 23.2. The van der Waals surface area contributed by atoms with E-state index in [9.17, 15) is 0 Å². The summed E-state index contributed by atoms with van der Waals surface area (Å²) in [5.41, 5.74) is 8.38. The van der Waals surface area contributed by atoms with Crippen LogP contribution in [-0.2, 0) is 6.54 Å². The van der Waals surface area contributed by atoms with E-state index in [-0.39, 0.29) is 12.4 Å². The molecule has 88 valence electrons. The van der Waals surface area contributed by atoms with Crippen molar-refractivity contribution in [3.63, 3.8) is 0 Å².